The van der Waals surface area contributed by atoms with Crippen LogP contribution in [0.2, 0.25) is 5.02 Å². The molecule has 0 aliphatic heterocycles. The molecule has 0 bridgehead atoms. The van der Waals surface area contributed by atoms with Gasteiger partial charge in [-0.3, -0.25) is 0 Å². The van der Waals surface area contributed by atoms with E-state index in [1.807, 2.05) is 25.2 Å². The zero-order valence-corrected chi connectivity index (χ0v) is 11.8. The van der Waals surface area contributed by atoms with E-state index in [1.54, 1.807) is 0 Å². The van der Waals surface area contributed by atoms with Gasteiger partial charge in [0.2, 0.25) is 0 Å². The molecule has 3 heteroatoms. The first kappa shape index (κ1) is 12.6. The molecule has 2 aromatic carbocycles. The maximum Gasteiger partial charge on any atom is 0.0626 e. The summed E-state index contributed by atoms with van der Waals surface area (Å²) in [6.45, 7) is 0.881. The lowest BCUT2D eigenvalue weighted by Gasteiger charge is -2.07. The van der Waals surface area contributed by atoms with Gasteiger partial charge in [-0.05, 0) is 40.2 Å². The number of rotatable bonds is 3. The quantitative estimate of drug-likeness (QED) is 0.881. The van der Waals surface area contributed by atoms with Gasteiger partial charge in [0.05, 0.1) is 5.02 Å². The smallest absolute Gasteiger partial charge is 0.0626 e. The van der Waals surface area contributed by atoms with Crippen LogP contribution in [0.4, 0.5) is 0 Å². The predicted molar refractivity (Wildman–Crippen MR) is 77.4 cm³/mol. The first-order chi connectivity index (χ1) is 8.22. The number of nitrogens with one attached hydrogen (secondary N) is 1. The summed E-state index contributed by atoms with van der Waals surface area (Å²) in [6.07, 6.45) is 0. The van der Waals surface area contributed by atoms with E-state index in [-0.39, 0.29) is 0 Å². The van der Waals surface area contributed by atoms with Gasteiger partial charge in [0.25, 0.3) is 0 Å². The van der Waals surface area contributed by atoms with Gasteiger partial charge in [-0.1, -0.05) is 48.0 Å². The van der Waals surface area contributed by atoms with Crippen molar-refractivity contribution in [1.29, 1.82) is 0 Å². The molecular weight excluding hydrogens is 298 g/mol. The van der Waals surface area contributed by atoms with Crippen molar-refractivity contribution in [2.24, 2.45) is 0 Å². The standard InChI is InChI=1S/C14H13BrClN/c1-17-9-10-5-7-11(8-6-10)12-3-2-4-13(15)14(12)16/h2-8,17H,9H2,1H3. The Balaban J connectivity index is 2.36. The molecule has 1 nitrogen and oxygen atoms in total. The first-order valence-electron chi connectivity index (χ1n) is 5.40. The summed E-state index contributed by atoms with van der Waals surface area (Å²) >= 11 is 9.71. The van der Waals surface area contributed by atoms with Crippen LogP contribution >= 0.6 is 27.5 Å². The molecule has 0 amide bonds. The van der Waals surface area contributed by atoms with Crippen molar-refractivity contribution in [3.05, 3.63) is 57.5 Å². The van der Waals surface area contributed by atoms with Gasteiger partial charge in [0, 0.05) is 16.6 Å². The van der Waals surface area contributed by atoms with Crippen molar-refractivity contribution >= 4 is 27.5 Å². The highest BCUT2D eigenvalue weighted by Crippen LogP contribution is 2.33. The summed E-state index contributed by atoms with van der Waals surface area (Å²) < 4.78 is 0.927. The van der Waals surface area contributed by atoms with Crippen molar-refractivity contribution < 1.29 is 0 Å². The minimum Gasteiger partial charge on any atom is -0.316 e. The Morgan fingerprint density at radius 2 is 1.82 bits per heavy atom. The van der Waals surface area contributed by atoms with Gasteiger partial charge in [0.15, 0.2) is 0 Å². The van der Waals surface area contributed by atoms with Gasteiger partial charge in [-0.25, -0.2) is 0 Å². The summed E-state index contributed by atoms with van der Waals surface area (Å²) in [5, 5.41) is 3.89. The van der Waals surface area contributed by atoms with Crippen molar-refractivity contribution in [3.8, 4) is 11.1 Å². The molecule has 2 aromatic rings. The molecular formula is C14H13BrClN. The molecule has 17 heavy (non-hydrogen) atoms. The highest BCUT2D eigenvalue weighted by Gasteiger charge is 2.05. The van der Waals surface area contributed by atoms with Crippen LogP contribution in [0.25, 0.3) is 11.1 Å². The molecule has 0 atom stereocenters. The Kier molecular flexibility index (Phi) is 4.21. The Morgan fingerprint density at radius 1 is 1.12 bits per heavy atom. The van der Waals surface area contributed by atoms with Crippen LogP contribution in [0.1, 0.15) is 5.56 Å². The van der Waals surface area contributed by atoms with Crippen LogP contribution in [-0.2, 0) is 6.54 Å². The molecule has 0 saturated heterocycles. The van der Waals surface area contributed by atoms with E-state index < -0.39 is 0 Å². The molecule has 0 unspecified atom stereocenters. The number of halogens is 2. The van der Waals surface area contributed by atoms with Crippen LogP contribution < -0.4 is 5.32 Å². The molecule has 0 saturated carbocycles. The molecule has 1 N–H and O–H groups in total. The number of benzene rings is 2. The third-order valence-corrected chi connectivity index (χ3v) is 3.89. The van der Waals surface area contributed by atoms with Crippen molar-refractivity contribution in [3.63, 3.8) is 0 Å². The van der Waals surface area contributed by atoms with Crippen molar-refractivity contribution in [2.45, 2.75) is 6.54 Å². The van der Waals surface area contributed by atoms with E-state index in [1.165, 1.54) is 5.56 Å². The lowest BCUT2D eigenvalue weighted by atomic mass is 10.0. The fraction of sp³-hybridized carbons (Fsp3) is 0.143. The third kappa shape index (κ3) is 2.89. The van der Waals surface area contributed by atoms with Gasteiger partial charge < -0.3 is 5.32 Å². The largest absolute Gasteiger partial charge is 0.316 e. The van der Waals surface area contributed by atoms with Gasteiger partial charge in [-0.15, -0.1) is 0 Å². The maximum absolute atomic E-state index is 6.27. The van der Waals surface area contributed by atoms with E-state index in [9.17, 15) is 0 Å². The molecule has 0 aliphatic carbocycles. The summed E-state index contributed by atoms with van der Waals surface area (Å²) in [6, 6.07) is 14.4. The highest BCUT2D eigenvalue weighted by atomic mass is 79.9. The second-order valence-electron chi connectivity index (χ2n) is 3.83. The number of hydrogen-bond donors (Lipinski definition) is 1. The second-order valence-corrected chi connectivity index (χ2v) is 5.06. The molecule has 0 radical (unpaired) electrons. The Labute approximate surface area is 115 Å². The fourth-order valence-corrected chi connectivity index (χ4v) is 2.33. The molecule has 0 heterocycles. The first-order valence-corrected chi connectivity index (χ1v) is 6.57. The summed E-state index contributed by atoms with van der Waals surface area (Å²) in [5.41, 5.74) is 3.45. The normalized spacial score (nSPS) is 10.5. The van der Waals surface area contributed by atoms with Crippen LogP contribution in [0.15, 0.2) is 46.9 Å². The van der Waals surface area contributed by atoms with Crippen LogP contribution in [-0.4, -0.2) is 7.05 Å². The van der Waals surface area contributed by atoms with E-state index in [0.29, 0.717) is 0 Å². The summed E-state index contributed by atoms with van der Waals surface area (Å²) in [5.74, 6) is 0. The van der Waals surface area contributed by atoms with E-state index >= 15 is 0 Å². The highest BCUT2D eigenvalue weighted by molar-refractivity contribution is 9.10. The molecule has 88 valence electrons. The van der Waals surface area contributed by atoms with Gasteiger partial charge in [-0.2, -0.15) is 0 Å². The lowest BCUT2D eigenvalue weighted by Crippen LogP contribution is -2.04. The second kappa shape index (κ2) is 5.67. The Morgan fingerprint density at radius 3 is 2.47 bits per heavy atom. The van der Waals surface area contributed by atoms with E-state index in [2.05, 4.69) is 45.5 Å². The van der Waals surface area contributed by atoms with Gasteiger partial charge >= 0.3 is 0 Å². The third-order valence-electron chi connectivity index (χ3n) is 2.60. The lowest BCUT2D eigenvalue weighted by molar-refractivity contribution is 0.818. The van der Waals surface area contributed by atoms with E-state index in [0.717, 1.165) is 27.2 Å². The van der Waals surface area contributed by atoms with Crippen LogP contribution in [0, 0.1) is 0 Å². The van der Waals surface area contributed by atoms with Crippen LogP contribution in [0.3, 0.4) is 0 Å². The molecule has 0 fully saturated rings. The van der Waals surface area contributed by atoms with Gasteiger partial charge in [0.1, 0.15) is 0 Å². The fourth-order valence-electron chi connectivity index (χ4n) is 1.73. The van der Waals surface area contributed by atoms with Crippen molar-refractivity contribution in [1.82, 2.24) is 5.32 Å². The zero-order chi connectivity index (χ0) is 12.3. The zero-order valence-electron chi connectivity index (χ0n) is 9.50. The average Bonchev–Trinajstić information content (AvgIpc) is 2.34. The monoisotopic (exact) mass is 309 g/mol. The van der Waals surface area contributed by atoms with Crippen LogP contribution in [0.5, 0.6) is 0 Å². The maximum atomic E-state index is 6.27. The van der Waals surface area contributed by atoms with E-state index in [4.69, 9.17) is 11.6 Å². The average molecular weight is 311 g/mol. The Hall–Kier alpha value is -0.830. The predicted octanol–water partition coefficient (Wildman–Crippen LogP) is 4.49. The SMILES string of the molecule is CNCc1ccc(-c2cccc(Br)c2Cl)cc1. The molecule has 0 aliphatic rings. The molecule has 2 rings (SSSR count). The number of hydrogen-bond acceptors (Lipinski definition) is 1. The minimum atomic E-state index is 0.758. The molecule has 0 spiro atoms. The van der Waals surface area contributed by atoms with Crippen molar-refractivity contribution in [2.75, 3.05) is 7.05 Å². The summed E-state index contributed by atoms with van der Waals surface area (Å²) in [4.78, 5) is 0. The molecule has 0 aromatic heterocycles. The Bertz CT molecular complexity index is 508. The topological polar surface area (TPSA) is 12.0 Å². The summed E-state index contributed by atoms with van der Waals surface area (Å²) in [7, 11) is 1.94. The minimum absolute atomic E-state index is 0.758.